The second-order valence-corrected chi connectivity index (χ2v) is 5.24. The molecule has 1 aromatic carbocycles. The van der Waals surface area contributed by atoms with Crippen molar-refractivity contribution in [3.63, 3.8) is 0 Å². The van der Waals surface area contributed by atoms with E-state index in [1.165, 1.54) is 7.11 Å². The van der Waals surface area contributed by atoms with Crippen LogP contribution in [0, 0.1) is 0 Å². The first-order valence-electron chi connectivity index (χ1n) is 7.54. The summed E-state index contributed by atoms with van der Waals surface area (Å²) in [7, 11) is 3.02. The van der Waals surface area contributed by atoms with Crippen LogP contribution in [0.1, 0.15) is 24.3 Å². The fraction of sp³-hybridized carbons (Fsp3) is 0.438. The highest BCUT2D eigenvalue weighted by Gasteiger charge is 2.24. The van der Waals surface area contributed by atoms with Crippen molar-refractivity contribution in [3.8, 4) is 0 Å². The number of guanidine groups is 1. The normalized spacial score (nSPS) is 16.3. The molecule has 7 nitrogen and oxygen atoms in total. The average Bonchev–Trinajstić information content (AvgIpc) is 2.57. The van der Waals surface area contributed by atoms with Gasteiger partial charge in [-0.05, 0) is 11.6 Å². The number of methoxy groups -OCH3 is 1. The van der Waals surface area contributed by atoms with Crippen molar-refractivity contribution in [2.45, 2.75) is 18.8 Å². The Hall–Kier alpha value is -1.84. The molecule has 1 heterocycles. The van der Waals surface area contributed by atoms with E-state index in [1.54, 1.807) is 7.05 Å². The number of anilines is 1. The van der Waals surface area contributed by atoms with Crippen molar-refractivity contribution >= 4 is 47.5 Å². The molecule has 1 amide bonds. The van der Waals surface area contributed by atoms with E-state index in [-0.39, 0.29) is 48.2 Å². The summed E-state index contributed by atoms with van der Waals surface area (Å²) in [6, 6.07) is 7.80. The molecule has 0 bridgehead atoms. The maximum atomic E-state index is 11.8. The molecule has 8 heteroatoms. The molecule has 3 N–H and O–H groups in total. The topological polar surface area (TPSA) is 91.8 Å². The summed E-state index contributed by atoms with van der Waals surface area (Å²) in [6.07, 6.45) is 0.703. The van der Waals surface area contributed by atoms with Gasteiger partial charge in [-0.2, -0.15) is 0 Å². The van der Waals surface area contributed by atoms with Crippen LogP contribution in [0.5, 0.6) is 0 Å². The lowest BCUT2D eigenvalue weighted by molar-refractivity contribution is -0.140. The minimum Gasteiger partial charge on any atom is -0.469 e. The number of hydrogen-bond acceptors (Lipinski definition) is 4. The number of esters is 1. The van der Waals surface area contributed by atoms with Crippen molar-refractivity contribution in [1.82, 2.24) is 10.6 Å². The third-order valence-corrected chi connectivity index (χ3v) is 3.70. The Labute approximate surface area is 158 Å². The number of para-hydroxylation sites is 1. The van der Waals surface area contributed by atoms with Gasteiger partial charge in [0.1, 0.15) is 0 Å². The highest BCUT2D eigenvalue weighted by Crippen LogP contribution is 2.31. The maximum absolute atomic E-state index is 11.8. The first-order chi connectivity index (χ1) is 11.1. The van der Waals surface area contributed by atoms with Crippen molar-refractivity contribution in [1.29, 1.82) is 0 Å². The summed E-state index contributed by atoms with van der Waals surface area (Å²) < 4.78 is 4.59. The minimum absolute atomic E-state index is 0. The number of hydrogen-bond donors (Lipinski definition) is 3. The molecule has 1 unspecified atom stereocenters. The van der Waals surface area contributed by atoms with E-state index in [0.29, 0.717) is 25.5 Å². The van der Waals surface area contributed by atoms with E-state index >= 15 is 0 Å². The molecule has 0 saturated heterocycles. The SMILES string of the molecule is CN=C(NCCC(=O)OC)NCC1CC(=O)Nc2ccccc21.I. The molecule has 24 heavy (non-hydrogen) atoms. The molecule has 2 rings (SSSR count). The summed E-state index contributed by atoms with van der Waals surface area (Å²) >= 11 is 0. The van der Waals surface area contributed by atoms with Gasteiger partial charge in [0.2, 0.25) is 5.91 Å². The highest BCUT2D eigenvalue weighted by atomic mass is 127. The Morgan fingerprint density at radius 1 is 1.38 bits per heavy atom. The number of carbonyl (C=O) groups excluding carboxylic acids is 2. The molecule has 0 fully saturated rings. The van der Waals surface area contributed by atoms with Crippen LogP contribution in [0.25, 0.3) is 0 Å². The number of nitrogens with one attached hydrogen (secondary N) is 3. The van der Waals surface area contributed by atoms with Crippen LogP contribution in [0.15, 0.2) is 29.3 Å². The van der Waals surface area contributed by atoms with Gasteiger partial charge in [0.15, 0.2) is 5.96 Å². The van der Waals surface area contributed by atoms with E-state index in [9.17, 15) is 9.59 Å². The molecule has 0 aromatic heterocycles. The highest BCUT2D eigenvalue weighted by molar-refractivity contribution is 14.0. The van der Waals surface area contributed by atoms with Gasteiger partial charge < -0.3 is 20.7 Å². The minimum atomic E-state index is -0.272. The Morgan fingerprint density at radius 3 is 2.83 bits per heavy atom. The maximum Gasteiger partial charge on any atom is 0.307 e. The first-order valence-corrected chi connectivity index (χ1v) is 7.54. The zero-order valence-corrected chi connectivity index (χ0v) is 16.1. The molecular formula is C16H23IN4O3. The predicted octanol–water partition coefficient (Wildman–Crippen LogP) is 1.46. The molecular weight excluding hydrogens is 423 g/mol. The Balaban J connectivity index is 0.00000288. The standard InChI is InChI=1S/C16H22N4O3.HI/c1-17-16(18-8-7-15(22)23-2)19-10-11-9-14(21)20-13-6-4-3-5-12(11)13;/h3-6,11H,7-10H2,1-2H3,(H,20,21)(H2,17,18,19);1H. The average molecular weight is 446 g/mol. The van der Waals surface area contributed by atoms with Crippen LogP contribution >= 0.6 is 24.0 Å². The number of rotatable bonds is 5. The quantitative estimate of drug-likeness (QED) is 0.276. The van der Waals surface area contributed by atoms with Crippen molar-refractivity contribution in [2.75, 3.05) is 32.6 Å². The number of benzene rings is 1. The number of amides is 1. The van der Waals surface area contributed by atoms with Gasteiger partial charge in [0.25, 0.3) is 0 Å². The van der Waals surface area contributed by atoms with E-state index in [1.807, 2.05) is 24.3 Å². The lowest BCUT2D eigenvalue weighted by atomic mass is 9.90. The van der Waals surface area contributed by atoms with Crippen LogP contribution in [-0.2, 0) is 14.3 Å². The van der Waals surface area contributed by atoms with Crippen LogP contribution < -0.4 is 16.0 Å². The van der Waals surface area contributed by atoms with Gasteiger partial charge >= 0.3 is 5.97 Å². The number of ether oxygens (including phenoxy) is 1. The van der Waals surface area contributed by atoms with Gasteiger partial charge in [0, 0.05) is 38.2 Å². The largest absolute Gasteiger partial charge is 0.469 e. The molecule has 1 aromatic rings. The van der Waals surface area contributed by atoms with Crippen molar-refractivity contribution in [2.24, 2.45) is 4.99 Å². The lowest BCUT2D eigenvalue weighted by Crippen LogP contribution is -2.41. The van der Waals surface area contributed by atoms with Crippen LogP contribution in [0.4, 0.5) is 5.69 Å². The van der Waals surface area contributed by atoms with Crippen LogP contribution in [0.3, 0.4) is 0 Å². The fourth-order valence-corrected chi connectivity index (χ4v) is 2.51. The van der Waals surface area contributed by atoms with Crippen LogP contribution in [-0.4, -0.2) is 45.1 Å². The summed E-state index contributed by atoms with van der Waals surface area (Å²) in [4.78, 5) is 27.0. The smallest absolute Gasteiger partial charge is 0.307 e. The number of nitrogens with zero attached hydrogens (tertiary/aromatic N) is 1. The van der Waals surface area contributed by atoms with Crippen molar-refractivity contribution < 1.29 is 14.3 Å². The zero-order valence-electron chi connectivity index (χ0n) is 13.8. The number of halogens is 1. The second kappa shape index (κ2) is 10.1. The Bertz CT molecular complexity index is 607. The van der Waals surface area contributed by atoms with Gasteiger partial charge in [-0.25, -0.2) is 0 Å². The summed E-state index contributed by atoms with van der Waals surface area (Å²) in [5, 5.41) is 9.13. The van der Waals surface area contributed by atoms with Gasteiger partial charge in [-0.15, -0.1) is 24.0 Å². The van der Waals surface area contributed by atoms with Gasteiger partial charge in [-0.3, -0.25) is 14.6 Å². The number of fused-ring (bicyclic) bond motifs is 1. The van der Waals surface area contributed by atoms with E-state index in [4.69, 9.17) is 0 Å². The van der Waals surface area contributed by atoms with E-state index in [0.717, 1.165) is 11.3 Å². The van der Waals surface area contributed by atoms with E-state index < -0.39 is 0 Å². The van der Waals surface area contributed by atoms with Crippen LogP contribution in [0.2, 0.25) is 0 Å². The molecule has 1 aliphatic rings. The van der Waals surface area contributed by atoms with Gasteiger partial charge in [-0.1, -0.05) is 18.2 Å². The zero-order chi connectivity index (χ0) is 16.7. The summed E-state index contributed by atoms with van der Waals surface area (Å²) in [5.74, 6) is 0.423. The third kappa shape index (κ3) is 5.66. The number of aliphatic imine (C=N–C) groups is 1. The molecule has 1 aliphatic heterocycles. The van der Waals surface area contributed by atoms with E-state index in [2.05, 4.69) is 25.7 Å². The number of carbonyl (C=O) groups is 2. The Kier molecular flexibility index (Phi) is 8.51. The molecule has 0 aliphatic carbocycles. The molecule has 1 atom stereocenters. The van der Waals surface area contributed by atoms with Gasteiger partial charge in [0.05, 0.1) is 13.5 Å². The van der Waals surface area contributed by atoms with Crippen molar-refractivity contribution in [3.05, 3.63) is 29.8 Å². The fourth-order valence-electron chi connectivity index (χ4n) is 2.51. The summed E-state index contributed by atoms with van der Waals surface area (Å²) in [5.41, 5.74) is 1.98. The molecule has 0 saturated carbocycles. The first kappa shape index (κ1) is 20.2. The third-order valence-electron chi connectivity index (χ3n) is 3.70. The molecule has 0 radical (unpaired) electrons. The molecule has 132 valence electrons. The summed E-state index contributed by atoms with van der Waals surface area (Å²) in [6.45, 7) is 1.02. The second-order valence-electron chi connectivity index (χ2n) is 5.24. The predicted molar refractivity (Wildman–Crippen MR) is 104 cm³/mol. The monoisotopic (exact) mass is 446 g/mol. The Morgan fingerprint density at radius 2 is 2.12 bits per heavy atom. The lowest BCUT2D eigenvalue weighted by Gasteiger charge is -2.26. The molecule has 0 spiro atoms.